The summed E-state index contributed by atoms with van der Waals surface area (Å²) in [5, 5.41) is 3.62. The number of nitrogens with one attached hydrogen (secondary N) is 1. The van der Waals surface area contributed by atoms with E-state index < -0.39 is 0 Å². The van der Waals surface area contributed by atoms with E-state index in [-0.39, 0.29) is 0 Å². The molecule has 17 heavy (non-hydrogen) atoms. The number of hydrogen-bond acceptors (Lipinski definition) is 3. The first kappa shape index (κ1) is 10.8. The molecule has 0 aromatic heterocycles. The fourth-order valence-electron chi connectivity index (χ4n) is 4.96. The molecule has 0 amide bonds. The van der Waals surface area contributed by atoms with Gasteiger partial charge in [-0.2, -0.15) is 0 Å². The van der Waals surface area contributed by atoms with Gasteiger partial charge in [-0.05, 0) is 57.7 Å². The maximum absolute atomic E-state index is 3.62. The Morgan fingerprint density at radius 3 is 2.71 bits per heavy atom. The SMILES string of the molecule is C1CC2C(N3CCCC4CNCC43)CCN2C1. The highest BCUT2D eigenvalue weighted by Crippen LogP contribution is 2.36. The second kappa shape index (κ2) is 4.22. The van der Waals surface area contributed by atoms with Gasteiger partial charge < -0.3 is 5.32 Å². The van der Waals surface area contributed by atoms with Crippen LogP contribution >= 0.6 is 0 Å². The van der Waals surface area contributed by atoms with Gasteiger partial charge in [-0.1, -0.05) is 0 Å². The summed E-state index contributed by atoms with van der Waals surface area (Å²) in [4.78, 5) is 5.67. The van der Waals surface area contributed by atoms with Crippen LogP contribution in [0, 0.1) is 5.92 Å². The Morgan fingerprint density at radius 1 is 0.765 bits per heavy atom. The summed E-state index contributed by atoms with van der Waals surface area (Å²) < 4.78 is 0. The Morgan fingerprint density at radius 2 is 1.71 bits per heavy atom. The summed E-state index contributed by atoms with van der Waals surface area (Å²) in [5.41, 5.74) is 0. The van der Waals surface area contributed by atoms with Gasteiger partial charge in [-0.25, -0.2) is 0 Å². The molecule has 4 unspecified atom stereocenters. The molecule has 3 heteroatoms. The van der Waals surface area contributed by atoms with E-state index in [4.69, 9.17) is 0 Å². The largest absolute Gasteiger partial charge is 0.315 e. The van der Waals surface area contributed by atoms with Crippen LogP contribution in [0.5, 0.6) is 0 Å². The lowest BCUT2D eigenvalue weighted by atomic mass is 9.89. The van der Waals surface area contributed by atoms with E-state index in [1.54, 1.807) is 0 Å². The van der Waals surface area contributed by atoms with Crippen molar-refractivity contribution in [2.75, 3.05) is 32.7 Å². The van der Waals surface area contributed by atoms with E-state index in [2.05, 4.69) is 15.1 Å². The van der Waals surface area contributed by atoms with Crippen LogP contribution in [0.1, 0.15) is 32.1 Å². The van der Waals surface area contributed by atoms with Crippen LogP contribution in [-0.2, 0) is 0 Å². The molecule has 4 rings (SSSR count). The van der Waals surface area contributed by atoms with E-state index in [9.17, 15) is 0 Å². The molecule has 4 aliphatic rings. The lowest BCUT2D eigenvalue weighted by molar-refractivity contribution is 0.0627. The second-order valence-electron chi connectivity index (χ2n) is 6.47. The summed E-state index contributed by atoms with van der Waals surface area (Å²) in [6, 6.07) is 2.67. The van der Waals surface area contributed by atoms with Crippen LogP contribution in [-0.4, -0.2) is 60.6 Å². The number of hydrogen-bond donors (Lipinski definition) is 1. The maximum Gasteiger partial charge on any atom is 0.0267 e. The minimum Gasteiger partial charge on any atom is -0.315 e. The van der Waals surface area contributed by atoms with Gasteiger partial charge in [-0.15, -0.1) is 0 Å². The van der Waals surface area contributed by atoms with Crippen LogP contribution in [0.25, 0.3) is 0 Å². The number of rotatable bonds is 1. The van der Waals surface area contributed by atoms with Gasteiger partial charge in [0.1, 0.15) is 0 Å². The Labute approximate surface area is 105 Å². The summed E-state index contributed by atoms with van der Waals surface area (Å²) in [5.74, 6) is 0.958. The zero-order valence-electron chi connectivity index (χ0n) is 10.8. The molecule has 4 aliphatic heterocycles. The van der Waals surface area contributed by atoms with E-state index in [1.165, 1.54) is 64.8 Å². The lowest BCUT2D eigenvalue weighted by Gasteiger charge is -2.43. The van der Waals surface area contributed by atoms with E-state index in [0.29, 0.717) is 0 Å². The van der Waals surface area contributed by atoms with Crippen LogP contribution in [0.4, 0.5) is 0 Å². The minimum atomic E-state index is 0.870. The normalized spacial score (nSPS) is 47.3. The van der Waals surface area contributed by atoms with Crippen molar-refractivity contribution in [1.29, 1.82) is 0 Å². The molecule has 96 valence electrons. The third kappa shape index (κ3) is 1.66. The molecule has 0 aromatic rings. The number of fused-ring (bicyclic) bond motifs is 2. The van der Waals surface area contributed by atoms with Gasteiger partial charge in [0.05, 0.1) is 0 Å². The highest BCUT2D eigenvalue weighted by molar-refractivity contribution is 5.02. The molecule has 0 spiro atoms. The molecular formula is C14H25N3. The number of likely N-dealkylation sites (tertiary alicyclic amines) is 1. The van der Waals surface area contributed by atoms with Crippen LogP contribution < -0.4 is 5.32 Å². The summed E-state index contributed by atoms with van der Waals surface area (Å²) >= 11 is 0. The standard InChI is InChI=1S/C14H25N3/c1-3-11-9-15-10-14(11)17(7-1)13-5-8-16-6-2-4-12(13)16/h11-15H,1-10H2. The number of piperidine rings is 1. The smallest absolute Gasteiger partial charge is 0.0267 e. The van der Waals surface area contributed by atoms with Crippen molar-refractivity contribution in [3.63, 3.8) is 0 Å². The summed E-state index contributed by atoms with van der Waals surface area (Å²) in [6.07, 6.45) is 7.25. The van der Waals surface area contributed by atoms with Crippen molar-refractivity contribution in [1.82, 2.24) is 15.1 Å². The van der Waals surface area contributed by atoms with Crippen molar-refractivity contribution < 1.29 is 0 Å². The fourth-order valence-corrected chi connectivity index (χ4v) is 4.96. The van der Waals surface area contributed by atoms with Crippen molar-refractivity contribution in [2.45, 2.75) is 50.2 Å². The predicted octanol–water partition coefficient (Wildman–Crippen LogP) is 0.907. The average molecular weight is 235 g/mol. The third-order valence-corrected chi connectivity index (χ3v) is 5.72. The summed E-state index contributed by atoms with van der Waals surface area (Å²) in [7, 11) is 0. The molecule has 4 heterocycles. The van der Waals surface area contributed by atoms with Crippen LogP contribution in [0.3, 0.4) is 0 Å². The van der Waals surface area contributed by atoms with Crippen molar-refractivity contribution in [2.24, 2.45) is 5.92 Å². The topological polar surface area (TPSA) is 18.5 Å². The zero-order valence-corrected chi connectivity index (χ0v) is 10.8. The highest BCUT2D eigenvalue weighted by Gasteiger charge is 2.45. The molecule has 4 fully saturated rings. The molecule has 1 N–H and O–H groups in total. The lowest BCUT2D eigenvalue weighted by Crippen LogP contribution is -2.53. The summed E-state index contributed by atoms with van der Waals surface area (Å²) in [6.45, 7) is 6.66. The maximum atomic E-state index is 3.62. The first-order valence-electron chi connectivity index (χ1n) is 7.64. The Balaban J connectivity index is 1.53. The molecule has 0 bridgehead atoms. The van der Waals surface area contributed by atoms with Gasteiger partial charge in [0.25, 0.3) is 0 Å². The van der Waals surface area contributed by atoms with Gasteiger partial charge in [-0.3, -0.25) is 9.80 Å². The van der Waals surface area contributed by atoms with Crippen molar-refractivity contribution >= 4 is 0 Å². The first-order valence-corrected chi connectivity index (χ1v) is 7.64. The van der Waals surface area contributed by atoms with Crippen LogP contribution in [0.2, 0.25) is 0 Å². The Bertz CT molecular complexity index is 293. The Kier molecular flexibility index (Phi) is 2.67. The second-order valence-corrected chi connectivity index (χ2v) is 6.47. The molecule has 4 atom stereocenters. The van der Waals surface area contributed by atoms with E-state index in [1.807, 2.05) is 0 Å². The molecule has 0 aliphatic carbocycles. The van der Waals surface area contributed by atoms with Gasteiger partial charge in [0, 0.05) is 31.2 Å². The molecule has 0 aromatic carbocycles. The average Bonchev–Trinajstić information content (AvgIpc) is 3.04. The van der Waals surface area contributed by atoms with E-state index >= 15 is 0 Å². The minimum absolute atomic E-state index is 0.870. The van der Waals surface area contributed by atoms with Gasteiger partial charge in [0.2, 0.25) is 0 Å². The van der Waals surface area contributed by atoms with Gasteiger partial charge in [0.15, 0.2) is 0 Å². The molecular weight excluding hydrogens is 210 g/mol. The molecule has 4 saturated heterocycles. The van der Waals surface area contributed by atoms with Crippen molar-refractivity contribution in [3.05, 3.63) is 0 Å². The van der Waals surface area contributed by atoms with E-state index in [0.717, 1.165) is 24.0 Å². The quantitative estimate of drug-likeness (QED) is 0.729. The molecule has 3 nitrogen and oxygen atoms in total. The van der Waals surface area contributed by atoms with Gasteiger partial charge >= 0.3 is 0 Å². The van der Waals surface area contributed by atoms with Crippen LogP contribution in [0.15, 0.2) is 0 Å². The third-order valence-electron chi connectivity index (χ3n) is 5.72. The highest BCUT2D eigenvalue weighted by atomic mass is 15.3. The molecule has 0 saturated carbocycles. The monoisotopic (exact) mass is 235 g/mol. The Hall–Kier alpha value is -0.120. The molecule has 0 radical (unpaired) electrons. The predicted molar refractivity (Wildman–Crippen MR) is 69.1 cm³/mol. The number of nitrogens with zero attached hydrogens (tertiary/aromatic N) is 2. The fraction of sp³-hybridized carbons (Fsp3) is 1.00. The zero-order chi connectivity index (χ0) is 11.2. The van der Waals surface area contributed by atoms with Crippen molar-refractivity contribution in [3.8, 4) is 0 Å². The first-order chi connectivity index (χ1) is 8.43.